The number of hydrogen-bond acceptors (Lipinski definition) is 5. The van der Waals surface area contributed by atoms with E-state index in [-0.39, 0.29) is 22.9 Å². The van der Waals surface area contributed by atoms with Crippen LogP contribution >= 0.6 is 12.4 Å². The van der Waals surface area contributed by atoms with Crippen LogP contribution in [0.25, 0.3) is 0 Å². The van der Waals surface area contributed by atoms with Crippen molar-refractivity contribution in [1.82, 2.24) is 9.62 Å². The molecule has 0 aromatic heterocycles. The van der Waals surface area contributed by atoms with Crippen LogP contribution in [0.1, 0.15) is 16.8 Å². The van der Waals surface area contributed by atoms with Gasteiger partial charge in [-0.15, -0.1) is 12.4 Å². The second kappa shape index (κ2) is 7.92. The molecule has 1 unspecified atom stereocenters. The molecule has 1 N–H and O–H groups in total. The minimum atomic E-state index is -3.56. The van der Waals surface area contributed by atoms with Crippen molar-refractivity contribution in [1.29, 1.82) is 0 Å². The highest BCUT2D eigenvalue weighted by atomic mass is 35.5. The maximum absolute atomic E-state index is 12.6. The van der Waals surface area contributed by atoms with Gasteiger partial charge < -0.3 is 10.1 Å². The second-order valence-electron chi connectivity index (χ2n) is 5.09. The molecular formula is C14H21ClN2O4S. The molecule has 0 saturated carbocycles. The van der Waals surface area contributed by atoms with Gasteiger partial charge in [0, 0.05) is 13.1 Å². The predicted molar refractivity (Wildman–Crippen MR) is 85.8 cm³/mol. The molecule has 2 rings (SSSR count). The van der Waals surface area contributed by atoms with Gasteiger partial charge in [0.15, 0.2) is 0 Å². The number of halogens is 1. The molecular weight excluding hydrogens is 328 g/mol. The Balaban J connectivity index is 0.00000242. The molecule has 1 aliphatic heterocycles. The lowest BCUT2D eigenvalue weighted by molar-refractivity contribution is 0.0600. The molecule has 1 aromatic rings. The van der Waals surface area contributed by atoms with E-state index in [2.05, 4.69) is 10.1 Å². The Morgan fingerprint density at radius 2 is 2.18 bits per heavy atom. The quantitative estimate of drug-likeness (QED) is 0.807. The van der Waals surface area contributed by atoms with Crippen molar-refractivity contribution in [3.05, 3.63) is 29.8 Å². The van der Waals surface area contributed by atoms with Gasteiger partial charge in [-0.2, -0.15) is 4.31 Å². The fraction of sp³-hybridized carbons (Fsp3) is 0.500. The highest BCUT2D eigenvalue weighted by Crippen LogP contribution is 2.24. The number of ether oxygens (including phenoxy) is 1. The van der Waals surface area contributed by atoms with Crippen molar-refractivity contribution in [2.24, 2.45) is 5.92 Å². The van der Waals surface area contributed by atoms with E-state index in [1.54, 1.807) is 12.1 Å². The standard InChI is InChI=1S/C14H20N2O4S.ClH/c1-15-9-11-6-7-16(10-11)21(18,19)13-5-3-4-12(8-13)14(17)20-2;/h3-5,8,11,15H,6-7,9-10H2,1-2H3;1H. The SMILES string of the molecule is CNCC1CCN(S(=O)(=O)c2cccc(C(=O)OC)c2)C1.Cl. The Morgan fingerprint density at radius 1 is 1.45 bits per heavy atom. The van der Waals surface area contributed by atoms with Crippen molar-refractivity contribution in [3.8, 4) is 0 Å². The summed E-state index contributed by atoms with van der Waals surface area (Å²) in [6.45, 7) is 1.82. The van der Waals surface area contributed by atoms with Gasteiger partial charge in [0.05, 0.1) is 17.6 Å². The summed E-state index contributed by atoms with van der Waals surface area (Å²) >= 11 is 0. The van der Waals surface area contributed by atoms with Gasteiger partial charge in [-0.25, -0.2) is 13.2 Å². The van der Waals surface area contributed by atoms with Gasteiger partial charge in [-0.05, 0) is 44.1 Å². The van der Waals surface area contributed by atoms with Gasteiger partial charge in [0.1, 0.15) is 0 Å². The van der Waals surface area contributed by atoms with E-state index in [1.165, 1.54) is 23.5 Å². The second-order valence-corrected chi connectivity index (χ2v) is 7.03. The van der Waals surface area contributed by atoms with Crippen LogP contribution < -0.4 is 5.32 Å². The van der Waals surface area contributed by atoms with E-state index in [9.17, 15) is 13.2 Å². The number of sulfonamides is 1. The molecule has 0 radical (unpaired) electrons. The summed E-state index contributed by atoms with van der Waals surface area (Å²) in [5.41, 5.74) is 0.240. The van der Waals surface area contributed by atoms with Crippen LogP contribution in [0.2, 0.25) is 0 Å². The van der Waals surface area contributed by atoms with Crippen LogP contribution in [0, 0.1) is 5.92 Å². The molecule has 1 saturated heterocycles. The Morgan fingerprint density at radius 3 is 2.82 bits per heavy atom. The maximum Gasteiger partial charge on any atom is 0.337 e. The molecule has 0 bridgehead atoms. The third kappa shape index (κ3) is 3.98. The molecule has 0 aliphatic carbocycles. The fourth-order valence-electron chi connectivity index (χ4n) is 2.52. The number of benzene rings is 1. The Bertz CT molecular complexity index is 621. The van der Waals surface area contributed by atoms with E-state index in [0.29, 0.717) is 19.0 Å². The van der Waals surface area contributed by atoms with Crippen LogP contribution in [0.4, 0.5) is 0 Å². The van der Waals surface area contributed by atoms with Crippen LogP contribution in [-0.4, -0.2) is 52.5 Å². The van der Waals surface area contributed by atoms with Crippen LogP contribution in [-0.2, 0) is 14.8 Å². The molecule has 124 valence electrons. The van der Waals surface area contributed by atoms with Crippen molar-refractivity contribution < 1.29 is 17.9 Å². The molecule has 8 heteroatoms. The molecule has 22 heavy (non-hydrogen) atoms. The van der Waals surface area contributed by atoms with Gasteiger partial charge >= 0.3 is 5.97 Å². The van der Waals surface area contributed by atoms with Crippen molar-refractivity contribution in [2.75, 3.05) is 33.8 Å². The molecule has 6 nitrogen and oxygen atoms in total. The average Bonchev–Trinajstić information content (AvgIpc) is 2.96. The summed E-state index contributed by atoms with van der Waals surface area (Å²) < 4.78 is 31.3. The first kappa shape index (κ1) is 18.9. The third-order valence-corrected chi connectivity index (χ3v) is 5.50. The molecule has 0 amide bonds. The van der Waals surface area contributed by atoms with Gasteiger partial charge in [-0.1, -0.05) is 6.07 Å². The molecule has 1 atom stereocenters. The number of rotatable bonds is 5. The van der Waals surface area contributed by atoms with Crippen LogP contribution in [0.5, 0.6) is 0 Å². The van der Waals surface area contributed by atoms with Gasteiger partial charge in [0.2, 0.25) is 10.0 Å². The van der Waals surface area contributed by atoms with Gasteiger partial charge in [0.25, 0.3) is 0 Å². The van der Waals surface area contributed by atoms with Gasteiger partial charge in [-0.3, -0.25) is 0 Å². The zero-order valence-corrected chi connectivity index (χ0v) is 14.2. The summed E-state index contributed by atoms with van der Waals surface area (Å²) in [7, 11) is -0.428. The lowest BCUT2D eigenvalue weighted by atomic mass is 10.1. The normalized spacial score (nSPS) is 18.7. The van der Waals surface area contributed by atoms with Crippen LogP contribution in [0.3, 0.4) is 0 Å². The van der Waals surface area contributed by atoms with Crippen molar-refractivity contribution in [3.63, 3.8) is 0 Å². The van der Waals surface area contributed by atoms with E-state index < -0.39 is 16.0 Å². The molecule has 1 aromatic carbocycles. The number of esters is 1. The molecule has 1 heterocycles. The van der Waals surface area contributed by atoms with E-state index in [0.717, 1.165) is 13.0 Å². The first-order valence-electron chi connectivity index (χ1n) is 6.82. The third-order valence-electron chi connectivity index (χ3n) is 3.63. The summed E-state index contributed by atoms with van der Waals surface area (Å²) in [6, 6.07) is 5.97. The first-order chi connectivity index (χ1) is 9.98. The Kier molecular flexibility index (Phi) is 6.80. The predicted octanol–water partition coefficient (Wildman–Crippen LogP) is 1.12. The summed E-state index contributed by atoms with van der Waals surface area (Å²) in [5, 5.41) is 3.07. The number of nitrogens with zero attached hydrogens (tertiary/aromatic N) is 1. The van der Waals surface area contributed by atoms with Crippen molar-refractivity contribution in [2.45, 2.75) is 11.3 Å². The highest BCUT2D eigenvalue weighted by molar-refractivity contribution is 7.89. The lowest BCUT2D eigenvalue weighted by Gasteiger charge is -2.17. The van der Waals surface area contributed by atoms with E-state index in [1.807, 2.05) is 7.05 Å². The summed E-state index contributed by atoms with van der Waals surface area (Å²) in [5.74, 6) is -0.213. The Hall–Kier alpha value is -1.15. The highest BCUT2D eigenvalue weighted by Gasteiger charge is 2.32. The minimum absolute atomic E-state index is 0. The monoisotopic (exact) mass is 348 g/mol. The molecule has 1 aliphatic rings. The lowest BCUT2D eigenvalue weighted by Crippen LogP contribution is -2.30. The Labute approximate surface area is 137 Å². The first-order valence-corrected chi connectivity index (χ1v) is 8.26. The minimum Gasteiger partial charge on any atom is -0.465 e. The molecule has 0 spiro atoms. The van der Waals surface area contributed by atoms with Crippen molar-refractivity contribution >= 4 is 28.4 Å². The zero-order chi connectivity index (χ0) is 15.5. The van der Waals surface area contributed by atoms with E-state index in [4.69, 9.17) is 0 Å². The number of nitrogens with one attached hydrogen (secondary N) is 1. The number of carbonyl (C=O) groups is 1. The average molecular weight is 349 g/mol. The van der Waals surface area contributed by atoms with Crippen LogP contribution in [0.15, 0.2) is 29.2 Å². The number of methoxy groups -OCH3 is 1. The fourth-order valence-corrected chi connectivity index (χ4v) is 4.10. The summed E-state index contributed by atoms with van der Waals surface area (Å²) in [4.78, 5) is 11.6. The molecule has 1 fully saturated rings. The smallest absolute Gasteiger partial charge is 0.337 e. The zero-order valence-electron chi connectivity index (χ0n) is 12.6. The largest absolute Gasteiger partial charge is 0.465 e. The number of hydrogen-bond donors (Lipinski definition) is 1. The number of carbonyl (C=O) groups excluding carboxylic acids is 1. The van der Waals surface area contributed by atoms with E-state index >= 15 is 0 Å². The maximum atomic E-state index is 12.6. The summed E-state index contributed by atoms with van der Waals surface area (Å²) in [6.07, 6.45) is 0.844. The topological polar surface area (TPSA) is 75.7 Å².